The number of alkyl halides is 1. The Balaban J connectivity index is 1.16. The van der Waals surface area contributed by atoms with E-state index >= 15 is 0 Å². The van der Waals surface area contributed by atoms with E-state index in [1.807, 2.05) is 41.4 Å². The number of likely N-dealkylation sites (tertiary alicyclic amines) is 1. The summed E-state index contributed by atoms with van der Waals surface area (Å²) in [5, 5.41) is 28.5. The first-order valence-corrected chi connectivity index (χ1v) is 14.2. The van der Waals surface area contributed by atoms with Gasteiger partial charge in [-0.2, -0.15) is 15.5 Å². The maximum atomic E-state index is 13.5. The van der Waals surface area contributed by atoms with Crippen molar-refractivity contribution in [3.8, 4) is 34.9 Å². The van der Waals surface area contributed by atoms with Crippen LogP contribution in [0.1, 0.15) is 42.6 Å². The standard InChI is InChI=1S/C32H33FN6O/c33-26-11-13-38(21-26)12-3-5-30-23(17-34)9-10-27(36-30)15-25-14-22-7-8-24(25)20-39(19-22)28-16-31(37-35-18-28)29-4-1-2-6-32(29)40/h1-2,4,6,9-10,16,18,22,24-26,40H,7-8,11-15,19-21H2/t22?,24?,25?,26-/m0/s1. The van der Waals surface area contributed by atoms with Crippen molar-refractivity contribution in [1.29, 1.82) is 5.26 Å². The van der Waals surface area contributed by atoms with Crippen molar-refractivity contribution in [2.45, 2.75) is 38.3 Å². The minimum absolute atomic E-state index is 0.202. The molecule has 2 bridgehead atoms. The van der Waals surface area contributed by atoms with Crippen LogP contribution in [0, 0.1) is 40.9 Å². The molecule has 8 heteroatoms. The molecule has 7 nitrogen and oxygen atoms in total. The Morgan fingerprint density at radius 1 is 1.07 bits per heavy atom. The summed E-state index contributed by atoms with van der Waals surface area (Å²) in [5.74, 6) is 8.02. The van der Waals surface area contributed by atoms with E-state index in [0.717, 1.165) is 43.9 Å². The van der Waals surface area contributed by atoms with Crippen LogP contribution in [0.3, 0.4) is 0 Å². The molecule has 0 amide bonds. The van der Waals surface area contributed by atoms with Gasteiger partial charge < -0.3 is 10.0 Å². The van der Waals surface area contributed by atoms with E-state index in [-0.39, 0.29) is 5.75 Å². The number of nitrogens with zero attached hydrogens (tertiary/aromatic N) is 6. The second-order valence-electron chi connectivity index (χ2n) is 11.4. The number of phenolic OH excluding ortho intramolecular Hbond substituents is 1. The summed E-state index contributed by atoms with van der Waals surface area (Å²) in [6.45, 7) is 3.57. The van der Waals surface area contributed by atoms with Gasteiger partial charge >= 0.3 is 0 Å². The monoisotopic (exact) mass is 536 g/mol. The summed E-state index contributed by atoms with van der Waals surface area (Å²) < 4.78 is 13.5. The van der Waals surface area contributed by atoms with Crippen LogP contribution in [0.5, 0.6) is 5.75 Å². The fraction of sp³-hybridized carbons (Fsp3) is 0.438. The fourth-order valence-corrected chi connectivity index (χ4v) is 6.54. The molecule has 0 spiro atoms. The molecule has 3 unspecified atom stereocenters. The summed E-state index contributed by atoms with van der Waals surface area (Å²) in [6, 6.07) is 15.3. The normalized spacial score (nSPS) is 24.2. The number of fused-ring (bicyclic) bond motifs is 4. The molecule has 5 heterocycles. The summed E-state index contributed by atoms with van der Waals surface area (Å²) in [6.07, 6.45) is 6.04. The largest absolute Gasteiger partial charge is 0.507 e. The Labute approximate surface area is 234 Å². The highest BCUT2D eigenvalue weighted by Crippen LogP contribution is 2.41. The quantitative estimate of drug-likeness (QED) is 0.477. The number of rotatable bonds is 5. The third-order valence-corrected chi connectivity index (χ3v) is 8.64. The molecule has 1 N–H and O–H groups in total. The summed E-state index contributed by atoms with van der Waals surface area (Å²) in [5.41, 5.74) is 4.39. The Kier molecular flexibility index (Phi) is 7.62. The van der Waals surface area contributed by atoms with Crippen molar-refractivity contribution < 1.29 is 9.50 Å². The van der Waals surface area contributed by atoms with Crippen LogP contribution in [-0.2, 0) is 6.42 Å². The lowest BCUT2D eigenvalue weighted by atomic mass is 9.73. The molecule has 4 atom stereocenters. The van der Waals surface area contributed by atoms with Crippen molar-refractivity contribution in [3.05, 3.63) is 65.6 Å². The first-order valence-electron chi connectivity index (χ1n) is 14.2. The summed E-state index contributed by atoms with van der Waals surface area (Å²) in [7, 11) is 0. The average molecular weight is 537 g/mol. The second-order valence-corrected chi connectivity index (χ2v) is 11.4. The molecule has 3 aromatic rings. The zero-order valence-electron chi connectivity index (χ0n) is 22.5. The number of pyridine rings is 1. The zero-order chi connectivity index (χ0) is 27.5. The molecule has 4 fully saturated rings. The molecule has 2 aromatic heterocycles. The van der Waals surface area contributed by atoms with Crippen LogP contribution >= 0.6 is 0 Å². The Bertz CT molecular complexity index is 1480. The van der Waals surface area contributed by atoms with E-state index in [0.29, 0.717) is 59.8 Å². The molecular weight excluding hydrogens is 503 g/mol. The van der Waals surface area contributed by atoms with E-state index in [4.69, 9.17) is 4.98 Å². The molecular formula is C32H33FN6O. The number of anilines is 1. The Morgan fingerprint density at radius 2 is 1.98 bits per heavy atom. The van der Waals surface area contributed by atoms with Crippen molar-refractivity contribution in [1.82, 2.24) is 20.1 Å². The molecule has 40 heavy (non-hydrogen) atoms. The van der Waals surface area contributed by atoms with Gasteiger partial charge in [-0.3, -0.25) is 4.90 Å². The minimum Gasteiger partial charge on any atom is -0.507 e. The van der Waals surface area contributed by atoms with Gasteiger partial charge in [0.05, 0.1) is 29.7 Å². The molecule has 4 aliphatic rings. The van der Waals surface area contributed by atoms with Gasteiger partial charge in [-0.1, -0.05) is 18.1 Å². The van der Waals surface area contributed by atoms with Crippen LogP contribution in [-0.4, -0.2) is 64.1 Å². The number of aromatic nitrogens is 3. The number of halogens is 1. The van der Waals surface area contributed by atoms with Gasteiger partial charge in [-0.15, -0.1) is 0 Å². The molecule has 3 aliphatic heterocycles. The zero-order valence-corrected chi connectivity index (χ0v) is 22.5. The van der Waals surface area contributed by atoms with Gasteiger partial charge in [0.2, 0.25) is 0 Å². The van der Waals surface area contributed by atoms with E-state index in [1.54, 1.807) is 12.1 Å². The number of hydrogen-bond donors (Lipinski definition) is 1. The van der Waals surface area contributed by atoms with E-state index in [1.165, 1.54) is 12.8 Å². The van der Waals surface area contributed by atoms with Crippen LogP contribution in [0.2, 0.25) is 0 Å². The van der Waals surface area contributed by atoms with Gasteiger partial charge in [0.25, 0.3) is 0 Å². The van der Waals surface area contributed by atoms with Crippen LogP contribution in [0.25, 0.3) is 11.3 Å². The first-order chi connectivity index (χ1) is 19.6. The highest BCUT2D eigenvalue weighted by atomic mass is 19.1. The number of nitriles is 1. The summed E-state index contributed by atoms with van der Waals surface area (Å²) in [4.78, 5) is 9.26. The SMILES string of the molecule is N#Cc1ccc(CC2CC3CCC2CN(c2cnnc(-c4ccccc4O)c2)C3)nc1C#CCN1CC[C@H](F)C1. The third-order valence-electron chi connectivity index (χ3n) is 8.64. The van der Waals surface area contributed by atoms with E-state index < -0.39 is 6.17 Å². The Morgan fingerprint density at radius 3 is 2.80 bits per heavy atom. The fourth-order valence-electron chi connectivity index (χ4n) is 6.54. The number of hydrogen-bond acceptors (Lipinski definition) is 7. The lowest BCUT2D eigenvalue weighted by Gasteiger charge is -2.31. The number of phenols is 1. The third kappa shape index (κ3) is 5.78. The first kappa shape index (κ1) is 26.2. The van der Waals surface area contributed by atoms with Crippen molar-refractivity contribution in [2.24, 2.45) is 17.8 Å². The molecule has 0 radical (unpaired) electrons. The average Bonchev–Trinajstić information content (AvgIpc) is 3.17. The highest BCUT2D eigenvalue weighted by Gasteiger charge is 2.37. The molecule has 204 valence electrons. The van der Waals surface area contributed by atoms with Gasteiger partial charge in [-0.05, 0) is 86.1 Å². The topological polar surface area (TPSA) is 89.2 Å². The minimum atomic E-state index is -0.766. The predicted octanol–water partition coefficient (Wildman–Crippen LogP) is 4.61. The van der Waals surface area contributed by atoms with Gasteiger partial charge in [0.15, 0.2) is 0 Å². The number of benzene rings is 1. The molecule has 1 saturated carbocycles. The lowest BCUT2D eigenvalue weighted by Crippen LogP contribution is -2.30. The van der Waals surface area contributed by atoms with Crippen molar-refractivity contribution in [2.75, 3.05) is 37.6 Å². The van der Waals surface area contributed by atoms with E-state index in [2.05, 4.69) is 33.0 Å². The lowest BCUT2D eigenvalue weighted by molar-refractivity contribution is 0.215. The maximum absolute atomic E-state index is 13.5. The van der Waals surface area contributed by atoms with Crippen molar-refractivity contribution >= 4 is 5.69 Å². The molecule has 3 saturated heterocycles. The van der Waals surface area contributed by atoms with Crippen LogP contribution in [0.4, 0.5) is 10.1 Å². The van der Waals surface area contributed by atoms with Crippen molar-refractivity contribution in [3.63, 3.8) is 0 Å². The van der Waals surface area contributed by atoms with Crippen LogP contribution < -0.4 is 4.90 Å². The van der Waals surface area contributed by atoms with Crippen LogP contribution in [0.15, 0.2) is 48.7 Å². The summed E-state index contributed by atoms with van der Waals surface area (Å²) >= 11 is 0. The Hall–Kier alpha value is -4.01. The van der Waals surface area contributed by atoms with Gasteiger partial charge in [0, 0.05) is 37.4 Å². The smallest absolute Gasteiger partial charge is 0.131 e. The number of para-hydroxylation sites is 1. The van der Waals surface area contributed by atoms with Gasteiger partial charge in [0.1, 0.15) is 23.7 Å². The van der Waals surface area contributed by atoms with E-state index in [9.17, 15) is 14.8 Å². The number of aromatic hydroxyl groups is 1. The van der Waals surface area contributed by atoms with Gasteiger partial charge in [-0.25, -0.2) is 9.37 Å². The highest BCUT2D eigenvalue weighted by molar-refractivity contribution is 5.69. The second kappa shape index (κ2) is 11.6. The molecule has 7 rings (SSSR count). The molecule has 1 aliphatic carbocycles. The molecule has 1 aromatic carbocycles. The maximum Gasteiger partial charge on any atom is 0.131 e. The predicted molar refractivity (Wildman–Crippen MR) is 151 cm³/mol.